The van der Waals surface area contributed by atoms with Gasteiger partial charge in [-0.15, -0.1) is 0 Å². The fraction of sp³-hybridized carbons (Fsp3) is 0.462. The smallest absolute Gasteiger partial charge is 0.393 e. The number of hydrogen-bond acceptors (Lipinski definition) is 2. The molecular formula is C13H16F3NO2. The highest BCUT2D eigenvalue weighted by molar-refractivity contribution is 5.94. The number of carbonyl (C=O) groups is 1. The van der Waals surface area contributed by atoms with Gasteiger partial charge in [0.1, 0.15) is 0 Å². The highest BCUT2D eigenvalue weighted by Gasteiger charge is 2.30. The topological polar surface area (TPSA) is 49.3 Å². The van der Waals surface area contributed by atoms with Crippen LogP contribution in [0.4, 0.5) is 13.2 Å². The molecule has 0 aliphatic heterocycles. The largest absolute Gasteiger partial charge is 0.416 e. The Labute approximate surface area is 109 Å². The maximum absolute atomic E-state index is 12.5. The molecule has 0 aromatic heterocycles. The Morgan fingerprint density at radius 1 is 1.42 bits per heavy atom. The van der Waals surface area contributed by atoms with E-state index in [9.17, 15) is 23.1 Å². The van der Waals surface area contributed by atoms with E-state index in [1.807, 2.05) is 0 Å². The van der Waals surface area contributed by atoms with Crippen LogP contribution < -0.4 is 5.32 Å². The van der Waals surface area contributed by atoms with Gasteiger partial charge in [-0.05, 0) is 31.0 Å². The molecule has 0 radical (unpaired) electrons. The van der Waals surface area contributed by atoms with Crippen LogP contribution in [0.5, 0.6) is 0 Å². The first kappa shape index (κ1) is 15.5. The van der Waals surface area contributed by atoms with Crippen LogP contribution in [-0.2, 0) is 6.18 Å². The average molecular weight is 275 g/mol. The molecule has 1 unspecified atom stereocenters. The number of aliphatic hydroxyl groups is 1. The average Bonchev–Trinajstić information content (AvgIpc) is 2.37. The molecular weight excluding hydrogens is 259 g/mol. The van der Waals surface area contributed by atoms with Crippen LogP contribution in [0, 0.1) is 0 Å². The van der Waals surface area contributed by atoms with Crippen molar-refractivity contribution < 1.29 is 23.1 Å². The van der Waals surface area contributed by atoms with Crippen molar-refractivity contribution in [1.82, 2.24) is 5.32 Å². The summed E-state index contributed by atoms with van der Waals surface area (Å²) in [6.07, 6.45) is -4.03. The zero-order chi connectivity index (χ0) is 14.5. The van der Waals surface area contributed by atoms with E-state index in [4.69, 9.17) is 0 Å². The van der Waals surface area contributed by atoms with Gasteiger partial charge in [0.15, 0.2) is 0 Å². The third-order valence-corrected chi connectivity index (χ3v) is 2.69. The summed E-state index contributed by atoms with van der Waals surface area (Å²) in [6, 6.07) is 4.24. The van der Waals surface area contributed by atoms with E-state index in [0.29, 0.717) is 12.8 Å². The third kappa shape index (κ3) is 4.90. The van der Waals surface area contributed by atoms with Gasteiger partial charge in [0.2, 0.25) is 0 Å². The zero-order valence-electron chi connectivity index (χ0n) is 10.5. The summed E-state index contributed by atoms with van der Waals surface area (Å²) in [4.78, 5) is 11.6. The third-order valence-electron chi connectivity index (χ3n) is 2.69. The highest BCUT2D eigenvalue weighted by Crippen LogP contribution is 2.29. The fourth-order valence-corrected chi connectivity index (χ4v) is 1.50. The van der Waals surface area contributed by atoms with E-state index in [1.54, 1.807) is 6.92 Å². The Bertz CT molecular complexity index is 432. The molecule has 0 aliphatic rings. The number of carbonyl (C=O) groups excluding carboxylic acids is 1. The molecule has 0 aliphatic carbocycles. The van der Waals surface area contributed by atoms with E-state index < -0.39 is 23.8 Å². The van der Waals surface area contributed by atoms with Crippen molar-refractivity contribution in [3.05, 3.63) is 35.4 Å². The van der Waals surface area contributed by atoms with Crippen molar-refractivity contribution in [1.29, 1.82) is 0 Å². The van der Waals surface area contributed by atoms with Gasteiger partial charge in [0.25, 0.3) is 5.91 Å². The number of halogens is 3. The number of hydrogen-bond donors (Lipinski definition) is 2. The first-order valence-corrected chi connectivity index (χ1v) is 5.98. The number of rotatable bonds is 5. The summed E-state index contributed by atoms with van der Waals surface area (Å²) in [5, 5.41) is 11.8. The summed E-state index contributed by atoms with van der Waals surface area (Å²) in [7, 11) is 0. The van der Waals surface area contributed by atoms with Crippen LogP contribution in [0.15, 0.2) is 24.3 Å². The van der Waals surface area contributed by atoms with E-state index in [0.717, 1.165) is 12.1 Å². The molecule has 1 aromatic rings. The Hall–Kier alpha value is -1.56. The van der Waals surface area contributed by atoms with E-state index >= 15 is 0 Å². The van der Waals surface area contributed by atoms with Crippen LogP contribution in [-0.4, -0.2) is 23.7 Å². The van der Waals surface area contributed by atoms with Crippen molar-refractivity contribution in [2.75, 3.05) is 6.54 Å². The molecule has 0 saturated heterocycles. The van der Waals surface area contributed by atoms with Crippen molar-refractivity contribution in [2.45, 2.75) is 32.0 Å². The number of nitrogens with one attached hydrogen (secondary N) is 1. The van der Waals surface area contributed by atoms with Crippen LogP contribution in [0.25, 0.3) is 0 Å². The number of aliphatic hydroxyl groups excluding tert-OH is 1. The highest BCUT2D eigenvalue weighted by atomic mass is 19.4. The first-order valence-electron chi connectivity index (χ1n) is 5.98. The fourth-order valence-electron chi connectivity index (χ4n) is 1.50. The standard InChI is InChI=1S/C13H16F3NO2/c1-2-11(18)6-7-17-12(19)9-4-3-5-10(8-9)13(14,15)16/h3-5,8,11,18H,2,6-7H2,1H3,(H,17,19). The minimum absolute atomic E-state index is 0.0409. The van der Waals surface area contributed by atoms with Crippen LogP contribution in [0.1, 0.15) is 35.7 Å². The summed E-state index contributed by atoms with van der Waals surface area (Å²) < 4.78 is 37.4. The summed E-state index contributed by atoms with van der Waals surface area (Å²) in [5.41, 5.74) is -0.894. The molecule has 0 spiro atoms. The predicted octanol–water partition coefficient (Wildman–Crippen LogP) is 2.60. The lowest BCUT2D eigenvalue weighted by atomic mass is 10.1. The van der Waals surface area contributed by atoms with Gasteiger partial charge in [-0.3, -0.25) is 4.79 Å². The van der Waals surface area contributed by atoms with Crippen molar-refractivity contribution >= 4 is 5.91 Å². The Morgan fingerprint density at radius 2 is 2.11 bits per heavy atom. The van der Waals surface area contributed by atoms with Gasteiger partial charge in [-0.25, -0.2) is 0 Å². The van der Waals surface area contributed by atoms with Crippen molar-refractivity contribution in [2.24, 2.45) is 0 Å². The monoisotopic (exact) mass is 275 g/mol. The Kier molecular flexibility index (Phi) is 5.35. The van der Waals surface area contributed by atoms with E-state index in [-0.39, 0.29) is 12.1 Å². The molecule has 3 nitrogen and oxygen atoms in total. The van der Waals surface area contributed by atoms with Crippen molar-refractivity contribution in [3.63, 3.8) is 0 Å². The van der Waals surface area contributed by atoms with E-state index in [1.165, 1.54) is 12.1 Å². The lowest BCUT2D eigenvalue weighted by Gasteiger charge is -2.10. The van der Waals surface area contributed by atoms with Crippen LogP contribution >= 0.6 is 0 Å². The van der Waals surface area contributed by atoms with Gasteiger partial charge in [0.05, 0.1) is 11.7 Å². The number of benzene rings is 1. The maximum atomic E-state index is 12.5. The normalized spacial score (nSPS) is 13.1. The van der Waals surface area contributed by atoms with Gasteiger partial charge < -0.3 is 10.4 Å². The molecule has 0 saturated carbocycles. The zero-order valence-corrected chi connectivity index (χ0v) is 10.5. The molecule has 0 fully saturated rings. The molecule has 0 heterocycles. The predicted molar refractivity (Wildman–Crippen MR) is 64.7 cm³/mol. The Morgan fingerprint density at radius 3 is 2.68 bits per heavy atom. The quantitative estimate of drug-likeness (QED) is 0.867. The SMILES string of the molecule is CCC(O)CCNC(=O)c1cccc(C(F)(F)F)c1. The Balaban J connectivity index is 2.63. The first-order chi connectivity index (χ1) is 8.84. The molecule has 1 rings (SSSR count). The summed E-state index contributed by atoms with van der Waals surface area (Å²) in [5.74, 6) is -0.575. The lowest BCUT2D eigenvalue weighted by molar-refractivity contribution is -0.137. The number of alkyl halides is 3. The minimum Gasteiger partial charge on any atom is -0.393 e. The van der Waals surface area contributed by atoms with Crippen LogP contribution in [0.3, 0.4) is 0 Å². The molecule has 1 aromatic carbocycles. The second kappa shape index (κ2) is 6.56. The van der Waals surface area contributed by atoms with Crippen molar-refractivity contribution in [3.8, 4) is 0 Å². The summed E-state index contributed by atoms with van der Waals surface area (Å²) >= 11 is 0. The molecule has 19 heavy (non-hydrogen) atoms. The van der Waals surface area contributed by atoms with Gasteiger partial charge in [-0.2, -0.15) is 13.2 Å². The van der Waals surface area contributed by atoms with Gasteiger partial charge in [0, 0.05) is 12.1 Å². The molecule has 106 valence electrons. The van der Waals surface area contributed by atoms with Gasteiger partial charge in [-0.1, -0.05) is 13.0 Å². The molecule has 1 atom stereocenters. The molecule has 1 amide bonds. The molecule has 6 heteroatoms. The van der Waals surface area contributed by atoms with E-state index in [2.05, 4.69) is 5.32 Å². The van der Waals surface area contributed by atoms with Crippen LogP contribution in [0.2, 0.25) is 0 Å². The molecule has 0 bridgehead atoms. The second-order valence-electron chi connectivity index (χ2n) is 4.19. The molecule has 2 N–H and O–H groups in total. The second-order valence-corrected chi connectivity index (χ2v) is 4.19. The maximum Gasteiger partial charge on any atom is 0.416 e. The lowest BCUT2D eigenvalue weighted by Crippen LogP contribution is -2.27. The summed E-state index contributed by atoms with van der Waals surface area (Å²) in [6.45, 7) is 2.03. The van der Waals surface area contributed by atoms with Gasteiger partial charge >= 0.3 is 6.18 Å². The number of amides is 1. The minimum atomic E-state index is -4.46.